The van der Waals surface area contributed by atoms with Crippen molar-refractivity contribution in [2.24, 2.45) is 7.05 Å². The summed E-state index contributed by atoms with van der Waals surface area (Å²) in [6, 6.07) is 7.85. The van der Waals surface area contributed by atoms with Crippen LogP contribution in [0.1, 0.15) is 34.8 Å². The number of aromatic nitrogens is 3. The molecule has 1 N–H and O–H groups in total. The molecule has 0 atom stereocenters. The zero-order chi connectivity index (χ0) is 15.5. The molecule has 116 valence electrons. The van der Waals surface area contributed by atoms with Crippen molar-refractivity contribution in [2.45, 2.75) is 18.8 Å². The lowest BCUT2D eigenvalue weighted by molar-refractivity contribution is 0.0687. The Morgan fingerprint density at radius 3 is 2.64 bits per heavy atom. The molecule has 0 radical (unpaired) electrons. The van der Waals surface area contributed by atoms with E-state index < -0.39 is 5.97 Å². The van der Waals surface area contributed by atoms with E-state index in [-0.39, 0.29) is 11.6 Å². The lowest BCUT2D eigenvalue weighted by Crippen LogP contribution is -2.07. The predicted octanol–water partition coefficient (Wildman–Crippen LogP) is 2.92. The molecule has 6 nitrogen and oxygen atoms in total. The third-order valence-electron chi connectivity index (χ3n) is 3.77. The fourth-order valence-electron chi connectivity index (χ4n) is 2.55. The Morgan fingerprint density at radius 1 is 1.32 bits per heavy atom. The van der Waals surface area contributed by atoms with Gasteiger partial charge >= 0.3 is 5.97 Å². The average Bonchev–Trinajstić information content (AvgIpc) is 2.90. The number of ether oxygens (including phenoxy) is 1. The maximum Gasteiger partial charge on any atom is 0.362 e. The molecule has 1 aliphatic heterocycles. The summed E-state index contributed by atoms with van der Waals surface area (Å²) in [4.78, 5) is 11.1. The first-order valence-electron chi connectivity index (χ1n) is 7.13. The van der Waals surface area contributed by atoms with Gasteiger partial charge in [-0.2, -0.15) is 11.8 Å². The minimum atomic E-state index is -1.15. The number of hydrogen-bond donors (Lipinski definition) is 1. The standard InChI is InChI=1S/C15H17N3O3S/c1-18-14(13(15(19)20)16-17-18)21-12-4-2-10(3-5-12)11-6-8-22-9-7-11/h2-5,11H,6-9H2,1H3,(H,19,20). The molecule has 1 aliphatic rings. The van der Waals surface area contributed by atoms with Crippen LogP contribution in [0.4, 0.5) is 0 Å². The maximum absolute atomic E-state index is 11.1. The minimum Gasteiger partial charge on any atom is -0.476 e. The van der Waals surface area contributed by atoms with Crippen molar-refractivity contribution >= 4 is 17.7 Å². The number of carboxylic acid groups (broad SMARTS) is 1. The Hall–Kier alpha value is -2.02. The molecule has 1 aromatic carbocycles. The topological polar surface area (TPSA) is 77.2 Å². The SMILES string of the molecule is Cn1nnc(C(=O)O)c1Oc1ccc(C2CCSCC2)cc1. The second kappa shape index (κ2) is 6.39. The van der Waals surface area contributed by atoms with E-state index in [1.807, 2.05) is 23.9 Å². The van der Waals surface area contributed by atoms with Gasteiger partial charge in [0, 0.05) is 7.05 Å². The molecule has 2 heterocycles. The quantitative estimate of drug-likeness (QED) is 0.933. The highest BCUT2D eigenvalue weighted by Gasteiger charge is 2.20. The number of hydrogen-bond acceptors (Lipinski definition) is 5. The smallest absolute Gasteiger partial charge is 0.362 e. The van der Waals surface area contributed by atoms with Crippen LogP contribution >= 0.6 is 11.8 Å². The van der Waals surface area contributed by atoms with Crippen LogP contribution in [0.25, 0.3) is 0 Å². The van der Waals surface area contributed by atoms with E-state index in [4.69, 9.17) is 9.84 Å². The van der Waals surface area contributed by atoms with Crippen molar-refractivity contribution in [2.75, 3.05) is 11.5 Å². The summed E-state index contributed by atoms with van der Waals surface area (Å²) < 4.78 is 6.95. The summed E-state index contributed by atoms with van der Waals surface area (Å²) in [5.41, 5.74) is 1.13. The van der Waals surface area contributed by atoms with Crippen LogP contribution in [-0.4, -0.2) is 37.6 Å². The largest absolute Gasteiger partial charge is 0.476 e. The third-order valence-corrected chi connectivity index (χ3v) is 4.81. The lowest BCUT2D eigenvalue weighted by Gasteiger charge is -2.21. The second-order valence-electron chi connectivity index (χ2n) is 5.23. The lowest BCUT2D eigenvalue weighted by atomic mass is 9.93. The van der Waals surface area contributed by atoms with Gasteiger partial charge in [-0.05, 0) is 48.0 Å². The van der Waals surface area contributed by atoms with Gasteiger partial charge in [-0.3, -0.25) is 0 Å². The highest BCUT2D eigenvalue weighted by molar-refractivity contribution is 7.99. The van der Waals surface area contributed by atoms with Crippen molar-refractivity contribution in [3.63, 3.8) is 0 Å². The predicted molar refractivity (Wildman–Crippen MR) is 83.8 cm³/mol. The van der Waals surface area contributed by atoms with Gasteiger partial charge in [-0.15, -0.1) is 5.10 Å². The number of aryl methyl sites for hydroxylation is 1. The minimum absolute atomic E-state index is 0.134. The van der Waals surface area contributed by atoms with E-state index in [0.717, 1.165) is 0 Å². The average molecular weight is 319 g/mol. The molecule has 0 bridgehead atoms. The van der Waals surface area contributed by atoms with Crippen molar-refractivity contribution in [3.8, 4) is 11.6 Å². The highest BCUT2D eigenvalue weighted by Crippen LogP contribution is 2.33. The summed E-state index contributed by atoms with van der Waals surface area (Å²) in [6.07, 6.45) is 2.42. The van der Waals surface area contributed by atoms with Gasteiger partial charge in [0.2, 0.25) is 5.69 Å². The molecule has 0 amide bonds. The Morgan fingerprint density at radius 2 is 2.00 bits per heavy atom. The summed E-state index contributed by atoms with van der Waals surface area (Å²) in [5.74, 6) is 2.61. The van der Waals surface area contributed by atoms with Crippen LogP contribution in [0.2, 0.25) is 0 Å². The maximum atomic E-state index is 11.1. The van der Waals surface area contributed by atoms with Crippen LogP contribution in [0.5, 0.6) is 11.6 Å². The Bertz CT molecular complexity index is 663. The second-order valence-corrected chi connectivity index (χ2v) is 6.45. The van der Waals surface area contributed by atoms with Crippen molar-refractivity contribution in [1.29, 1.82) is 0 Å². The number of thioether (sulfide) groups is 1. The van der Waals surface area contributed by atoms with Crippen molar-refractivity contribution < 1.29 is 14.6 Å². The molecule has 1 aromatic heterocycles. The molecule has 0 saturated carbocycles. The first kappa shape index (κ1) is 14.9. The fourth-order valence-corrected chi connectivity index (χ4v) is 3.65. The van der Waals surface area contributed by atoms with E-state index in [1.165, 1.54) is 34.6 Å². The van der Waals surface area contributed by atoms with Crippen LogP contribution in [0.3, 0.4) is 0 Å². The summed E-state index contributed by atoms with van der Waals surface area (Å²) >= 11 is 2.01. The molecule has 0 unspecified atom stereocenters. The number of carbonyl (C=O) groups is 1. The zero-order valence-corrected chi connectivity index (χ0v) is 13.0. The number of rotatable bonds is 4. The van der Waals surface area contributed by atoms with Crippen LogP contribution in [0.15, 0.2) is 24.3 Å². The first-order chi connectivity index (χ1) is 10.6. The van der Waals surface area contributed by atoms with Crippen LogP contribution in [-0.2, 0) is 7.05 Å². The number of aromatic carboxylic acids is 1. The first-order valence-corrected chi connectivity index (χ1v) is 8.29. The third kappa shape index (κ3) is 3.09. The molecular weight excluding hydrogens is 302 g/mol. The number of carboxylic acids is 1. The molecule has 1 saturated heterocycles. The van der Waals surface area contributed by atoms with Crippen LogP contribution in [0, 0.1) is 0 Å². The Kier molecular flexibility index (Phi) is 4.33. The summed E-state index contributed by atoms with van der Waals surface area (Å²) in [6.45, 7) is 0. The monoisotopic (exact) mass is 319 g/mol. The Labute approximate surface area is 132 Å². The van der Waals surface area contributed by atoms with E-state index in [0.29, 0.717) is 11.7 Å². The zero-order valence-electron chi connectivity index (χ0n) is 12.2. The normalized spacial score (nSPS) is 15.7. The molecule has 22 heavy (non-hydrogen) atoms. The molecule has 0 aliphatic carbocycles. The van der Waals surface area contributed by atoms with E-state index in [9.17, 15) is 4.79 Å². The van der Waals surface area contributed by atoms with E-state index in [1.54, 1.807) is 7.05 Å². The molecule has 1 fully saturated rings. The van der Waals surface area contributed by atoms with Gasteiger partial charge in [0.15, 0.2) is 0 Å². The van der Waals surface area contributed by atoms with Gasteiger partial charge in [-0.25, -0.2) is 9.48 Å². The Balaban J connectivity index is 1.76. The van der Waals surface area contributed by atoms with Gasteiger partial charge < -0.3 is 9.84 Å². The molecule has 2 aromatic rings. The van der Waals surface area contributed by atoms with E-state index >= 15 is 0 Å². The number of benzene rings is 1. The van der Waals surface area contributed by atoms with Crippen molar-refractivity contribution in [1.82, 2.24) is 15.0 Å². The number of nitrogens with zero attached hydrogens (tertiary/aromatic N) is 3. The van der Waals surface area contributed by atoms with Crippen molar-refractivity contribution in [3.05, 3.63) is 35.5 Å². The van der Waals surface area contributed by atoms with Gasteiger partial charge in [-0.1, -0.05) is 17.3 Å². The summed E-state index contributed by atoms with van der Waals surface area (Å²) in [5, 5.41) is 16.3. The van der Waals surface area contributed by atoms with Gasteiger partial charge in [0.05, 0.1) is 0 Å². The molecule has 3 rings (SSSR count). The highest BCUT2D eigenvalue weighted by atomic mass is 32.2. The van der Waals surface area contributed by atoms with Gasteiger partial charge in [0.25, 0.3) is 5.88 Å². The van der Waals surface area contributed by atoms with Crippen LogP contribution < -0.4 is 4.74 Å². The summed E-state index contributed by atoms with van der Waals surface area (Å²) in [7, 11) is 1.60. The van der Waals surface area contributed by atoms with E-state index in [2.05, 4.69) is 22.4 Å². The fraction of sp³-hybridized carbons (Fsp3) is 0.400. The molecule has 7 heteroatoms. The molecular formula is C15H17N3O3S. The molecule has 0 spiro atoms. The van der Waals surface area contributed by atoms with Gasteiger partial charge in [0.1, 0.15) is 5.75 Å².